The number of pyridine rings is 1. The lowest BCUT2D eigenvalue weighted by Gasteiger charge is -2.57. The zero-order valence-electron chi connectivity index (χ0n) is 15.3. The van der Waals surface area contributed by atoms with Crippen LogP contribution in [0.25, 0.3) is 0 Å². The van der Waals surface area contributed by atoms with Crippen molar-refractivity contribution in [2.24, 2.45) is 11.8 Å². The molecule has 138 valence electrons. The number of aromatic nitrogens is 1. The fourth-order valence-electron chi connectivity index (χ4n) is 4.27. The fourth-order valence-corrected chi connectivity index (χ4v) is 4.27. The second-order valence-corrected chi connectivity index (χ2v) is 7.46. The second-order valence-electron chi connectivity index (χ2n) is 7.46. The smallest absolute Gasteiger partial charge is 0.213 e. The molecule has 0 spiro atoms. The van der Waals surface area contributed by atoms with Gasteiger partial charge in [0, 0.05) is 24.7 Å². The van der Waals surface area contributed by atoms with Crippen LogP contribution in [0.2, 0.25) is 0 Å². The first-order valence-corrected chi connectivity index (χ1v) is 9.27. The average Bonchev–Trinajstić information content (AvgIpc) is 2.62. The van der Waals surface area contributed by atoms with Crippen molar-refractivity contribution in [2.75, 3.05) is 13.7 Å². The topological polar surface area (TPSA) is 34.6 Å². The first-order valence-electron chi connectivity index (χ1n) is 9.27. The van der Waals surface area contributed by atoms with Crippen molar-refractivity contribution in [3.05, 3.63) is 54.0 Å². The molecule has 5 rings (SSSR count). The van der Waals surface area contributed by atoms with Crippen LogP contribution in [-0.4, -0.2) is 35.7 Å². The van der Waals surface area contributed by atoms with Crippen molar-refractivity contribution in [3.63, 3.8) is 0 Å². The van der Waals surface area contributed by atoms with Crippen LogP contribution >= 0.6 is 0 Å². The van der Waals surface area contributed by atoms with E-state index >= 15 is 0 Å². The van der Waals surface area contributed by atoms with Gasteiger partial charge in [0.15, 0.2) is 0 Å². The largest absolute Gasteiger partial charge is 0.497 e. The van der Waals surface area contributed by atoms with E-state index in [9.17, 15) is 4.39 Å². The van der Waals surface area contributed by atoms with Crippen LogP contribution < -0.4 is 9.47 Å². The number of nitrogens with zero attached hydrogens (tertiary/aromatic N) is 2. The van der Waals surface area contributed by atoms with Crippen LogP contribution in [0.3, 0.4) is 0 Å². The zero-order chi connectivity index (χ0) is 18.1. The van der Waals surface area contributed by atoms with Gasteiger partial charge in [0.2, 0.25) is 5.88 Å². The Bertz CT molecular complexity index is 729. The highest BCUT2D eigenvalue weighted by atomic mass is 19.1. The maximum absolute atomic E-state index is 13.0. The average molecular weight is 356 g/mol. The number of hydrogen-bond donors (Lipinski definition) is 0. The van der Waals surface area contributed by atoms with Crippen molar-refractivity contribution in [1.29, 1.82) is 0 Å². The predicted molar refractivity (Wildman–Crippen MR) is 97.7 cm³/mol. The Balaban J connectivity index is 1.45. The lowest BCUT2D eigenvalue weighted by molar-refractivity contribution is -0.0926. The quantitative estimate of drug-likeness (QED) is 0.786. The Morgan fingerprint density at radius 2 is 1.92 bits per heavy atom. The Labute approximate surface area is 153 Å². The van der Waals surface area contributed by atoms with Gasteiger partial charge in [-0.25, -0.2) is 9.37 Å². The molecule has 26 heavy (non-hydrogen) atoms. The summed E-state index contributed by atoms with van der Waals surface area (Å²) in [4.78, 5) is 6.60. The van der Waals surface area contributed by atoms with Gasteiger partial charge in [0.25, 0.3) is 0 Å². The van der Waals surface area contributed by atoms with Crippen molar-refractivity contribution in [2.45, 2.75) is 38.4 Å². The number of ether oxygens (including phenoxy) is 2. The van der Waals surface area contributed by atoms with E-state index in [1.807, 2.05) is 12.1 Å². The van der Waals surface area contributed by atoms with E-state index in [1.54, 1.807) is 13.2 Å². The summed E-state index contributed by atoms with van der Waals surface area (Å²) in [5.41, 5.74) is 1.29. The molecule has 5 heteroatoms. The van der Waals surface area contributed by atoms with Crippen LogP contribution in [0, 0.1) is 17.7 Å². The highest BCUT2D eigenvalue weighted by Gasteiger charge is 2.48. The van der Waals surface area contributed by atoms with Gasteiger partial charge in [-0.3, -0.25) is 4.90 Å². The lowest BCUT2D eigenvalue weighted by atomic mass is 9.65. The van der Waals surface area contributed by atoms with Crippen LogP contribution in [-0.2, 0) is 6.54 Å². The summed E-state index contributed by atoms with van der Waals surface area (Å²) in [5.74, 6) is 2.40. The lowest BCUT2D eigenvalue weighted by Crippen LogP contribution is -2.62. The number of halogens is 1. The van der Waals surface area contributed by atoms with E-state index in [0.29, 0.717) is 30.5 Å². The van der Waals surface area contributed by atoms with Gasteiger partial charge in [0.05, 0.1) is 13.3 Å². The second kappa shape index (κ2) is 7.23. The molecule has 4 nitrogen and oxygen atoms in total. The standard InChI is InChI=1S/C21H25FN2O2/c1-14-16-9-18(10-16)24(12-15-3-6-19(25-2)7-4-15)20(14)13-26-21-8-5-17(22)11-23-21/h3-8,11,14,16,18,20H,9-10,12-13H2,1-2H3. The summed E-state index contributed by atoms with van der Waals surface area (Å²) in [5, 5.41) is 0. The summed E-state index contributed by atoms with van der Waals surface area (Å²) in [7, 11) is 1.69. The number of fused-ring (bicyclic) bond motifs is 2. The monoisotopic (exact) mass is 356 g/mol. The maximum atomic E-state index is 13.0. The molecule has 0 radical (unpaired) electrons. The van der Waals surface area contributed by atoms with Gasteiger partial charge in [-0.2, -0.15) is 0 Å². The molecule has 2 saturated heterocycles. The molecule has 0 N–H and O–H groups in total. The van der Waals surface area contributed by atoms with E-state index in [4.69, 9.17) is 9.47 Å². The van der Waals surface area contributed by atoms with Crippen molar-refractivity contribution in [3.8, 4) is 11.6 Å². The Morgan fingerprint density at radius 3 is 2.58 bits per heavy atom. The molecular weight excluding hydrogens is 331 g/mol. The summed E-state index contributed by atoms with van der Waals surface area (Å²) in [6, 6.07) is 12.3. The van der Waals surface area contributed by atoms with Crippen LogP contribution in [0.4, 0.5) is 4.39 Å². The summed E-state index contributed by atoms with van der Waals surface area (Å²) >= 11 is 0. The van der Waals surface area contributed by atoms with Crippen molar-refractivity contribution >= 4 is 0 Å². The van der Waals surface area contributed by atoms with Crippen molar-refractivity contribution < 1.29 is 13.9 Å². The zero-order valence-corrected chi connectivity index (χ0v) is 15.3. The molecule has 2 aromatic rings. The molecule has 1 aromatic carbocycles. The normalized spacial score (nSPS) is 27.7. The van der Waals surface area contributed by atoms with Gasteiger partial charge in [0.1, 0.15) is 18.2 Å². The SMILES string of the molecule is COc1ccc(CN2C3CC(C3)C(C)C2COc2ccc(F)cn2)cc1. The highest BCUT2D eigenvalue weighted by Crippen LogP contribution is 2.47. The summed E-state index contributed by atoms with van der Waals surface area (Å²) < 4.78 is 24.2. The molecule has 2 unspecified atom stereocenters. The van der Waals surface area contributed by atoms with Crippen LogP contribution in [0.5, 0.6) is 11.6 Å². The summed E-state index contributed by atoms with van der Waals surface area (Å²) in [6.07, 6.45) is 3.76. The fraction of sp³-hybridized carbons (Fsp3) is 0.476. The van der Waals surface area contributed by atoms with Gasteiger partial charge < -0.3 is 9.47 Å². The van der Waals surface area contributed by atoms with E-state index in [0.717, 1.165) is 18.2 Å². The summed E-state index contributed by atoms with van der Waals surface area (Å²) in [6.45, 7) is 3.83. The number of rotatable bonds is 6. The number of piperidine rings is 2. The van der Waals surface area contributed by atoms with E-state index in [1.165, 1.54) is 30.7 Å². The number of benzene rings is 1. The first-order chi connectivity index (χ1) is 12.6. The molecule has 3 aliphatic rings. The van der Waals surface area contributed by atoms with Gasteiger partial charge in [-0.1, -0.05) is 19.1 Å². The van der Waals surface area contributed by atoms with E-state index in [-0.39, 0.29) is 5.82 Å². The third-order valence-electron chi connectivity index (χ3n) is 6.02. The maximum Gasteiger partial charge on any atom is 0.213 e. The molecule has 0 amide bonds. The molecular formula is C21H25FN2O2. The van der Waals surface area contributed by atoms with Crippen molar-refractivity contribution in [1.82, 2.24) is 9.88 Å². The molecule has 1 aliphatic carbocycles. The van der Waals surface area contributed by atoms with E-state index in [2.05, 4.69) is 28.9 Å². The minimum absolute atomic E-state index is 0.342. The molecule has 2 bridgehead atoms. The molecule has 3 fully saturated rings. The first kappa shape index (κ1) is 17.3. The molecule has 2 aliphatic heterocycles. The molecule has 1 saturated carbocycles. The Kier molecular flexibility index (Phi) is 4.81. The third-order valence-corrected chi connectivity index (χ3v) is 6.02. The third kappa shape index (κ3) is 3.40. The van der Waals surface area contributed by atoms with Gasteiger partial charge in [-0.15, -0.1) is 0 Å². The highest BCUT2D eigenvalue weighted by molar-refractivity contribution is 5.27. The molecule has 2 atom stereocenters. The minimum Gasteiger partial charge on any atom is -0.497 e. The van der Waals surface area contributed by atoms with E-state index < -0.39 is 0 Å². The minimum atomic E-state index is -0.342. The van der Waals surface area contributed by atoms with Gasteiger partial charge >= 0.3 is 0 Å². The Hall–Kier alpha value is -2.14. The van der Waals surface area contributed by atoms with Crippen LogP contribution in [0.15, 0.2) is 42.6 Å². The van der Waals surface area contributed by atoms with Crippen LogP contribution in [0.1, 0.15) is 25.3 Å². The molecule has 1 aromatic heterocycles. The number of hydrogen-bond acceptors (Lipinski definition) is 4. The van der Waals surface area contributed by atoms with Gasteiger partial charge in [-0.05, 0) is 48.4 Å². The number of methoxy groups -OCH3 is 1. The molecule has 3 heterocycles. The Morgan fingerprint density at radius 1 is 1.15 bits per heavy atom. The predicted octanol–water partition coefficient (Wildman–Crippen LogP) is 3.91.